The predicted octanol–water partition coefficient (Wildman–Crippen LogP) is 3.43. The average Bonchev–Trinajstić information content (AvgIpc) is 2.68. The molecule has 0 bridgehead atoms. The van der Waals surface area contributed by atoms with Crippen LogP contribution in [-0.2, 0) is 16.0 Å². The van der Waals surface area contributed by atoms with Gasteiger partial charge >= 0.3 is 5.97 Å². The summed E-state index contributed by atoms with van der Waals surface area (Å²) in [6.07, 6.45) is 2.07. The molecule has 2 aromatic carbocycles. The molecule has 5 heteroatoms. The summed E-state index contributed by atoms with van der Waals surface area (Å²) in [5.74, 6) is -0.270. The molecule has 5 nitrogen and oxygen atoms in total. The molecule has 1 aliphatic carbocycles. The third-order valence-corrected chi connectivity index (χ3v) is 4.64. The molecule has 1 aliphatic rings. The SMILES string of the molecule is COc1cccc(C(=O)OC(C)C(=O)NC2CCCc3ccccc32)c1. The van der Waals surface area contributed by atoms with E-state index in [1.54, 1.807) is 31.2 Å². The highest BCUT2D eigenvalue weighted by molar-refractivity contribution is 5.92. The van der Waals surface area contributed by atoms with Crippen molar-refractivity contribution in [2.45, 2.75) is 38.3 Å². The third kappa shape index (κ3) is 4.04. The van der Waals surface area contributed by atoms with Crippen LogP contribution in [0.2, 0.25) is 0 Å². The normalized spacial score (nSPS) is 16.9. The summed E-state index contributed by atoms with van der Waals surface area (Å²) in [5, 5.41) is 3.01. The van der Waals surface area contributed by atoms with Gasteiger partial charge in [-0.05, 0) is 55.5 Å². The summed E-state index contributed by atoms with van der Waals surface area (Å²) in [6.45, 7) is 1.59. The molecule has 0 heterocycles. The van der Waals surface area contributed by atoms with Crippen molar-refractivity contribution >= 4 is 11.9 Å². The maximum absolute atomic E-state index is 12.5. The highest BCUT2D eigenvalue weighted by Gasteiger charge is 2.25. The lowest BCUT2D eigenvalue weighted by molar-refractivity contribution is -0.130. The zero-order valence-electron chi connectivity index (χ0n) is 15.0. The Balaban J connectivity index is 1.62. The van der Waals surface area contributed by atoms with Crippen molar-refractivity contribution in [1.29, 1.82) is 0 Å². The molecule has 0 saturated heterocycles. The molecule has 0 saturated carbocycles. The summed E-state index contributed by atoms with van der Waals surface area (Å²) < 4.78 is 10.4. The lowest BCUT2D eigenvalue weighted by Gasteiger charge is -2.27. The van der Waals surface area contributed by atoms with E-state index in [1.165, 1.54) is 12.7 Å². The van der Waals surface area contributed by atoms with Crippen LogP contribution >= 0.6 is 0 Å². The summed E-state index contributed by atoms with van der Waals surface area (Å²) in [4.78, 5) is 24.8. The van der Waals surface area contributed by atoms with Gasteiger partial charge in [-0.3, -0.25) is 4.79 Å². The molecule has 0 fully saturated rings. The highest BCUT2D eigenvalue weighted by Crippen LogP contribution is 2.29. The molecule has 3 rings (SSSR count). The van der Waals surface area contributed by atoms with Crippen LogP contribution in [0.25, 0.3) is 0 Å². The maximum Gasteiger partial charge on any atom is 0.339 e. The van der Waals surface area contributed by atoms with E-state index in [4.69, 9.17) is 9.47 Å². The number of methoxy groups -OCH3 is 1. The Morgan fingerprint density at radius 2 is 1.96 bits per heavy atom. The smallest absolute Gasteiger partial charge is 0.339 e. The molecule has 0 spiro atoms. The molecular formula is C21H23NO4. The van der Waals surface area contributed by atoms with E-state index >= 15 is 0 Å². The standard InChI is InChI=1S/C21H23NO4/c1-14(26-21(24)16-9-5-10-17(13-16)25-2)20(23)22-19-12-6-8-15-7-3-4-11-18(15)19/h3-5,7,9-11,13-14,19H,6,8,12H2,1-2H3,(H,22,23). The number of fused-ring (bicyclic) bond motifs is 1. The van der Waals surface area contributed by atoms with Gasteiger partial charge in [-0.25, -0.2) is 4.79 Å². The van der Waals surface area contributed by atoms with Crippen LogP contribution in [0.3, 0.4) is 0 Å². The lowest BCUT2D eigenvalue weighted by Crippen LogP contribution is -2.39. The van der Waals surface area contributed by atoms with Gasteiger partial charge in [-0.1, -0.05) is 30.3 Å². The van der Waals surface area contributed by atoms with Crippen LogP contribution in [0.1, 0.15) is 47.3 Å². The van der Waals surface area contributed by atoms with E-state index in [0.717, 1.165) is 24.8 Å². The molecule has 2 unspecified atom stereocenters. The number of amides is 1. The Labute approximate surface area is 153 Å². The van der Waals surface area contributed by atoms with E-state index in [0.29, 0.717) is 11.3 Å². The molecule has 26 heavy (non-hydrogen) atoms. The fourth-order valence-electron chi connectivity index (χ4n) is 3.23. The van der Waals surface area contributed by atoms with Gasteiger partial charge in [-0.2, -0.15) is 0 Å². The topological polar surface area (TPSA) is 64.6 Å². The molecule has 0 radical (unpaired) electrons. The first-order valence-electron chi connectivity index (χ1n) is 8.81. The van der Waals surface area contributed by atoms with E-state index in [2.05, 4.69) is 11.4 Å². The number of ether oxygens (including phenoxy) is 2. The largest absolute Gasteiger partial charge is 0.497 e. The Morgan fingerprint density at radius 3 is 2.77 bits per heavy atom. The van der Waals surface area contributed by atoms with Crippen LogP contribution in [0, 0.1) is 0 Å². The van der Waals surface area contributed by atoms with Crippen LogP contribution in [-0.4, -0.2) is 25.1 Å². The zero-order valence-corrected chi connectivity index (χ0v) is 15.0. The van der Waals surface area contributed by atoms with Crippen molar-refractivity contribution in [3.63, 3.8) is 0 Å². The molecule has 1 amide bonds. The Hall–Kier alpha value is -2.82. The number of esters is 1. The minimum absolute atomic E-state index is 0.0366. The monoisotopic (exact) mass is 353 g/mol. The van der Waals surface area contributed by atoms with Gasteiger partial charge in [0.25, 0.3) is 5.91 Å². The van der Waals surface area contributed by atoms with E-state index < -0.39 is 12.1 Å². The predicted molar refractivity (Wildman–Crippen MR) is 98.1 cm³/mol. The van der Waals surface area contributed by atoms with Crippen molar-refractivity contribution in [3.8, 4) is 5.75 Å². The highest BCUT2D eigenvalue weighted by atomic mass is 16.5. The first kappa shape index (κ1) is 18.0. The van der Waals surface area contributed by atoms with Gasteiger partial charge in [0.1, 0.15) is 5.75 Å². The molecule has 136 valence electrons. The second kappa shape index (κ2) is 8.04. The quantitative estimate of drug-likeness (QED) is 0.837. The first-order chi connectivity index (χ1) is 12.6. The van der Waals surface area contributed by atoms with Crippen LogP contribution < -0.4 is 10.1 Å². The zero-order chi connectivity index (χ0) is 18.5. The van der Waals surface area contributed by atoms with Gasteiger partial charge in [-0.15, -0.1) is 0 Å². The number of rotatable bonds is 5. The summed E-state index contributed by atoms with van der Waals surface area (Å²) in [5.41, 5.74) is 2.77. The fourth-order valence-corrected chi connectivity index (χ4v) is 3.23. The minimum atomic E-state index is -0.872. The number of nitrogens with one attached hydrogen (secondary N) is 1. The number of aryl methyl sites for hydroxylation is 1. The molecule has 2 aromatic rings. The van der Waals surface area contributed by atoms with E-state index in [-0.39, 0.29) is 11.9 Å². The molecule has 0 aliphatic heterocycles. The van der Waals surface area contributed by atoms with Gasteiger partial charge < -0.3 is 14.8 Å². The maximum atomic E-state index is 12.5. The van der Waals surface area contributed by atoms with Crippen molar-refractivity contribution in [3.05, 3.63) is 65.2 Å². The summed E-state index contributed by atoms with van der Waals surface area (Å²) in [6, 6.07) is 14.8. The number of hydrogen-bond acceptors (Lipinski definition) is 4. The van der Waals surface area contributed by atoms with E-state index in [9.17, 15) is 9.59 Å². The number of hydrogen-bond donors (Lipinski definition) is 1. The van der Waals surface area contributed by atoms with Gasteiger partial charge in [0.2, 0.25) is 0 Å². The second-order valence-electron chi connectivity index (χ2n) is 6.43. The number of benzene rings is 2. The van der Waals surface area contributed by atoms with Crippen LogP contribution in [0.5, 0.6) is 5.75 Å². The lowest BCUT2D eigenvalue weighted by atomic mass is 9.87. The molecule has 2 atom stereocenters. The van der Waals surface area contributed by atoms with E-state index in [1.807, 2.05) is 18.2 Å². The third-order valence-electron chi connectivity index (χ3n) is 4.64. The van der Waals surface area contributed by atoms with Crippen molar-refractivity contribution in [2.75, 3.05) is 7.11 Å². The van der Waals surface area contributed by atoms with Crippen LogP contribution in [0.15, 0.2) is 48.5 Å². The van der Waals surface area contributed by atoms with Crippen molar-refractivity contribution in [1.82, 2.24) is 5.32 Å². The summed E-state index contributed by atoms with van der Waals surface area (Å²) >= 11 is 0. The summed E-state index contributed by atoms with van der Waals surface area (Å²) in [7, 11) is 1.53. The Kier molecular flexibility index (Phi) is 5.56. The van der Waals surface area contributed by atoms with Gasteiger partial charge in [0.05, 0.1) is 18.7 Å². The molecular weight excluding hydrogens is 330 g/mol. The number of carbonyl (C=O) groups is 2. The van der Waals surface area contributed by atoms with Crippen LogP contribution in [0.4, 0.5) is 0 Å². The first-order valence-corrected chi connectivity index (χ1v) is 8.81. The Bertz CT molecular complexity index is 802. The van der Waals surface area contributed by atoms with Crippen molar-refractivity contribution < 1.29 is 19.1 Å². The number of carbonyl (C=O) groups excluding carboxylic acids is 2. The second-order valence-corrected chi connectivity index (χ2v) is 6.43. The fraction of sp³-hybridized carbons (Fsp3) is 0.333. The van der Waals surface area contributed by atoms with Crippen molar-refractivity contribution in [2.24, 2.45) is 0 Å². The molecule has 1 N–H and O–H groups in total. The average molecular weight is 353 g/mol. The Morgan fingerprint density at radius 1 is 1.15 bits per heavy atom. The van der Waals surface area contributed by atoms with Gasteiger partial charge in [0.15, 0.2) is 6.10 Å². The minimum Gasteiger partial charge on any atom is -0.497 e. The molecule has 0 aromatic heterocycles. The van der Waals surface area contributed by atoms with Gasteiger partial charge in [0, 0.05) is 0 Å².